The monoisotopic (exact) mass is 179 g/mol. The van der Waals surface area contributed by atoms with E-state index in [1.165, 1.54) is 19.5 Å². The number of hydrogen-bond acceptors (Lipinski definition) is 1. The molecule has 0 aromatic carbocycles. The number of hydrogen-bond donors (Lipinski definition) is 0. The maximum atomic E-state index is 2.55. The van der Waals surface area contributed by atoms with Crippen molar-refractivity contribution in [3.05, 3.63) is 0 Å². The summed E-state index contributed by atoms with van der Waals surface area (Å²) in [5, 5.41) is 0. The number of fused-ring (bicyclic) bond motifs is 2. The van der Waals surface area contributed by atoms with Gasteiger partial charge in [-0.1, -0.05) is 19.3 Å². The third-order valence-corrected chi connectivity index (χ3v) is 4.79. The first kappa shape index (κ1) is 8.28. The van der Waals surface area contributed by atoms with Gasteiger partial charge in [-0.3, -0.25) is 0 Å². The summed E-state index contributed by atoms with van der Waals surface area (Å²) in [4.78, 5) is 2.55. The van der Waals surface area contributed by atoms with Gasteiger partial charge < -0.3 is 4.90 Å². The molecule has 3 fully saturated rings. The lowest BCUT2D eigenvalue weighted by molar-refractivity contribution is 0.170. The first-order valence-corrected chi connectivity index (χ1v) is 6.01. The zero-order valence-corrected chi connectivity index (χ0v) is 8.71. The molecule has 2 saturated carbocycles. The maximum absolute atomic E-state index is 2.55. The largest absolute Gasteiger partial charge is 0.306 e. The van der Waals surface area contributed by atoms with Gasteiger partial charge in [-0.05, 0) is 43.6 Å². The van der Waals surface area contributed by atoms with Crippen LogP contribution in [-0.2, 0) is 0 Å². The van der Waals surface area contributed by atoms with Gasteiger partial charge in [-0.2, -0.15) is 0 Å². The Hall–Kier alpha value is -0.0400. The zero-order chi connectivity index (χ0) is 8.84. The minimum absolute atomic E-state index is 1.07. The highest BCUT2D eigenvalue weighted by molar-refractivity contribution is 4.94. The lowest BCUT2D eigenvalue weighted by Crippen LogP contribution is -2.27. The Morgan fingerprint density at radius 1 is 0.846 bits per heavy atom. The predicted octanol–water partition coefficient (Wildman–Crippen LogP) is 2.37. The van der Waals surface area contributed by atoms with Crippen LogP contribution in [0, 0.1) is 23.7 Å². The van der Waals surface area contributed by atoms with E-state index in [4.69, 9.17) is 0 Å². The fourth-order valence-corrected chi connectivity index (χ4v) is 4.22. The van der Waals surface area contributed by atoms with E-state index in [1.54, 1.807) is 25.7 Å². The molecule has 0 aromatic heterocycles. The fourth-order valence-electron chi connectivity index (χ4n) is 4.22. The van der Waals surface area contributed by atoms with Gasteiger partial charge in [0.15, 0.2) is 0 Å². The van der Waals surface area contributed by atoms with Gasteiger partial charge >= 0.3 is 0 Å². The van der Waals surface area contributed by atoms with Crippen LogP contribution in [0.5, 0.6) is 0 Å². The van der Waals surface area contributed by atoms with Crippen LogP contribution in [-0.4, -0.2) is 25.0 Å². The second-order valence-electron chi connectivity index (χ2n) is 5.66. The molecule has 0 bridgehead atoms. The van der Waals surface area contributed by atoms with Gasteiger partial charge in [0.2, 0.25) is 0 Å². The standard InChI is InChI=1S/C12H21N/c1-13-7-11-5-9-3-2-4-10(9)6-12(11)8-13/h9-12H,2-8H2,1H3. The van der Waals surface area contributed by atoms with E-state index < -0.39 is 0 Å². The lowest BCUT2D eigenvalue weighted by Gasteiger charge is -2.34. The van der Waals surface area contributed by atoms with Crippen LogP contribution in [0.3, 0.4) is 0 Å². The molecule has 3 rings (SSSR count). The summed E-state index contributed by atoms with van der Waals surface area (Å²) in [5.41, 5.74) is 0. The van der Waals surface area contributed by atoms with E-state index in [1.807, 2.05) is 0 Å². The van der Waals surface area contributed by atoms with E-state index in [0.29, 0.717) is 0 Å². The van der Waals surface area contributed by atoms with Gasteiger partial charge in [0.1, 0.15) is 0 Å². The molecule has 1 aliphatic heterocycles. The number of rotatable bonds is 0. The molecular weight excluding hydrogens is 158 g/mol. The van der Waals surface area contributed by atoms with Crippen molar-refractivity contribution in [1.82, 2.24) is 4.90 Å². The van der Waals surface area contributed by atoms with E-state index >= 15 is 0 Å². The molecule has 74 valence electrons. The number of nitrogens with zero attached hydrogens (tertiary/aromatic N) is 1. The molecule has 1 saturated heterocycles. The van der Waals surface area contributed by atoms with Crippen molar-refractivity contribution in [2.75, 3.05) is 20.1 Å². The molecule has 13 heavy (non-hydrogen) atoms. The molecule has 0 amide bonds. The Bertz CT molecular complexity index is 181. The molecule has 0 N–H and O–H groups in total. The van der Waals surface area contributed by atoms with E-state index in [9.17, 15) is 0 Å². The van der Waals surface area contributed by atoms with E-state index in [0.717, 1.165) is 23.7 Å². The SMILES string of the molecule is CN1CC2CC3CCCC3CC2C1. The van der Waals surface area contributed by atoms with Gasteiger partial charge in [0.05, 0.1) is 0 Å². The Kier molecular flexibility index (Phi) is 1.90. The molecule has 1 heterocycles. The summed E-state index contributed by atoms with van der Waals surface area (Å²) in [6, 6.07) is 0. The number of likely N-dealkylation sites (tertiary alicyclic amines) is 1. The summed E-state index contributed by atoms with van der Waals surface area (Å²) in [6.45, 7) is 2.79. The highest BCUT2D eigenvalue weighted by atomic mass is 15.1. The normalized spacial score (nSPS) is 50.5. The van der Waals surface area contributed by atoms with Crippen LogP contribution in [0.1, 0.15) is 32.1 Å². The van der Waals surface area contributed by atoms with Crippen molar-refractivity contribution >= 4 is 0 Å². The molecule has 2 aliphatic carbocycles. The molecule has 1 heteroatoms. The molecule has 4 atom stereocenters. The Morgan fingerprint density at radius 2 is 1.38 bits per heavy atom. The minimum atomic E-state index is 1.07. The van der Waals surface area contributed by atoms with Crippen molar-refractivity contribution in [3.8, 4) is 0 Å². The van der Waals surface area contributed by atoms with Crippen LogP contribution in [0.15, 0.2) is 0 Å². The topological polar surface area (TPSA) is 3.24 Å². The van der Waals surface area contributed by atoms with Crippen molar-refractivity contribution in [3.63, 3.8) is 0 Å². The van der Waals surface area contributed by atoms with E-state index in [-0.39, 0.29) is 0 Å². The van der Waals surface area contributed by atoms with Crippen LogP contribution < -0.4 is 0 Å². The van der Waals surface area contributed by atoms with Crippen molar-refractivity contribution in [2.24, 2.45) is 23.7 Å². The zero-order valence-electron chi connectivity index (χ0n) is 8.71. The first-order chi connectivity index (χ1) is 6.33. The second-order valence-corrected chi connectivity index (χ2v) is 5.66. The summed E-state index contributed by atoms with van der Waals surface area (Å²) in [6.07, 6.45) is 7.78. The third kappa shape index (κ3) is 1.32. The van der Waals surface area contributed by atoms with Crippen LogP contribution in [0.25, 0.3) is 0 Å². The average molecular weight is 179 g/mol. The van der Waals surface area contributed by atoms with E-state index in [2.05, 4.69) is 11.9 Å². The average Bonchev–Trinajstić information content (AvgIpc) is 2.63. The molecular formula is C12H21N. The molecule has 0 aromatic rings. The van der Waals surface area contributed by atoms with Crippen molar-refractivity contribution in [2.45, 2.75) is 32.1 Å². The summed E-state index contributed by atoms with van der Waals surface area (Å²) < 4.78 is 0. The molecule has 0 radical (unpaired) electrons. The fraction of sp³-hybridized carbons (Fsp3) is 1.00. The van der Waals surface area contributed by atoms with Crippen molar-refractivity contribution < 1.29 is 0 Å². The minimum Gasteiger partial charge on any atom is -0.306 e. The predicted molar refractivity (Wildman–Crippen MR) is 54.5 cm³/mol. The first-order valence-electron chi connectivity index (χ1n) is 6.01. The van der Waals surface area contributed by atoms with Gasteiger partial charge in [0.25, 0.3) is 0 Å². The summed E-state index contributed by atoms with van der Waals surface area (Å²) >= 11 is 0. The van der Waals surface area contributed by atoms with Crippen LogP contribution in [0.2, 0.25) is 0 Å². The van der Waals surface area contributed by atoms with Crippen LogP contribution in [0.4, 0.5) is 0 Å². The van der Waals surface area contributed by atoms with Crippen LogP contribution >= 0.6 is 0 Å². The van der Waals surface area contributed by atoms with Gasteiger partial charge in [0, 0.05) is 13.1 Å². The van der Waals surface area contributed by atoms with Gasteiger partial charge in [-0.15, -0.1) is 0 Å². The lowest BCUT2D eigenvalue weighted by atomic mass is 9.71. The van der Waals surface area contributed by atoms with Crippen molar-refractivity contribution in [1.29, 1.82) is 0 Å². The molecule has 1 nitrogen and oxygen atoms in total. The maximum Gasteiger partial charge on any atom is 0.000996 e. The Labute approximate surface area is 81.5 Å². The molecule has 0 spiro atoms. The molecule has 4 unspecified atom stereocenters. The molecule has 3 aliphatic rings. The summed E-state index contributed by atoms with van der Waals surface area (Å²) in [5.74, 6) is 4.41. The smallest absolute Gasteiger partial charge is 0.000996 e. The highest BCUT2D eigenvalue weighted by Gasteiger charge is 2.42. The van der Waals surface area contributed by atoms with Gasteiger partial charge in [-0.25, -0.2) is 0 Å². The Balaban J connectivity index is 1.73. The highest BCUT2D eigenvalue weighted by Crippen LogP contribution is 2.48. The Morgan fingerprint density at radius 3 is 1.92 bits per heavy atom. The quantitative estimate of drug-likeness (QED) is 0.552. The summed E-state index contributed by atoms with van der Waals surface area (Å²) in [7, 11) is 2.30. The third-order valence-electron chi connectivity index (χ3n) is 4.79. The second kappa shape index (κ2) is 2.98.